The first-order valence-corrected chi connectivity index (χ1v) is 8.67. The molecular weight excluding hydrogens is 364 g/mol. The number of carbonyl (C=O) groups excluding carboxylic acids is 3. The fourth-order valence-corrected chi connectivity index (χ4v) is 4.07. The largest absolute Gasteiger partial charge is 0.477 e. The summed E-state index contributed by atoms with van der Waals surface area (Å²) in [5.41, 5.74) is 0.468. The van der Waals surface area contributed by atoms with Gasteiger partial charge < -0.3 is 15.2 Å². The number of hydrogen-bond acceptors (Lipinski definition) is 7. The van der Waals surface area contributed by atoms with E-state index < -0.39 is 35.2 Å². The van der Waals surface area contributed by atoms with Crippen molar-refractivity contribution >= 4 is 35.5 Å². The lowest BCUT2D eigenvalue weighted by atomic mass is 10.0. The monoisotopic (exact) mass is 380 g/mol. The van der Waals surface area contributed by atoms with Crippen LogP contribution >= 0.6 is 11.8 Å². The number of hydrogen-bond donors (Lipinski definition) is 2. The van der Waals surface area contributed by atoms with Gasteiger partial charge in [-0.1, -0.05) is 0 Å². The first-order valence-electron chi connectivity index (χ1n) is 7.62. The van der Waals surface area contributed by atoms with Gasteiger partial charge in [-0.3, -0.25) is 24.0 Å². The van der Waals surface area contributed by atoms with Gasteiger partial charge in [0.2, 0.25) is 0 Å². The van der Waals surface area contributed by atoms with Crippen LogP contribution in [0, 0.1) is 0 Å². The number of β-lactam (4-membered cyclic amide) rings is 1. The molecule has 138 valence electrons. The summed E-state index contributed by atoms with van der Waals surface area (Å²) in [7, 11) is 1.67. The Hall–Kier alpha value is -2.82. The van der Waals surface area contributed by atoms with Gasteiger partial charge in [-0.2, -0.15) is 5.10 Å². The van der Waals surface area contributed by atoms with Gasteiger partial charge in [-0.15, -0.1) is 11.8 Å². The van der Waals surface area contributed by atoms with Crippen LogP contribution in [0.3, 0.4) is 0 Å². The van der Waals surface area contributed by atoms with Crippen LogP contribution in [-0.2, 0) is 26.2 Å². The van der Waals surface area contributed by atoms with E-state index >= 15 is 0 Å². The van der Waals surface area contributed by atoms with Gasteiger partial charge in [-0.25, -0.2) is 4.79 Å². The smallest absolute Gasteiger partial charge is 0.352 e. The molecule has 3 rings (SSSR count). The zero-order valence-corrected chi connectivity index (χ0v) is 14.8. The number of esters is 1. The molecule has 3 heterocycles. The lowest BCUT2D eigenvalue weighted by molar-refractivity contribution is -0.149. The third-order valence-corrected chi connectivity index (χ3v) is 5.29. The van der Waals surface area contributed by atoms with Gasteiger partial charge in [-0.05, 0) is 0 Å². The van der Waals surface area contributed by atoms with Crippen molar-refractivity contribution in [3.63, 3.8) is 0 Å². The number of amides is 2. The summed E-state index contributed by atoms with van der Waals surface area (Å²) >= 11 is 1.31. The first-order chi connectivity index (χ1) is 12.3. The van der Waals surface area contributed by atoms with Crippen molar-refractivity contribution in [3.05, 3.63) is 29.2 Å². The van der Waals surface area contributed by atoms with Gasteiger partial charge in [0.25, 0.3) is 11.8 Å². The maximum Gasteiger partial charge on any atom is 0.352 e. The fraction of sp³-hybridized carbons (Fsp3) is 0.400. The van der Waals surface area contributed by atoms with Gasteiger partial charge in [0.05, 0.1) is 11.8 Å². The highest BCUT2D eigenvalue weighted by Gasteiger charge is 2.54. The van der Waals surface area contributed by atoms with Crippen molar-refractivity contribution in [1.29, 1.82) is 0 Å². The molecule has 1 aromatic heterocycles. The highest BCUT2D eigenvalue weighted by Crippen LogP contribution is 2.40. The SMILES string of the molecule is CC(=O)OCC1=C(C(=O)O)N2C(=O)[C@@H](NC(=O)c3cnn(C)c3)[C@H]2SC1. The summed E-state index contributed by atoms with van der Waals surface area (Å²) < 4.78 is 6.33. The molecule has 1 saturated heterocycles. The van der Waals surface area contributed by atoms with Crippen LogP contribution in [0.5, 0.6) is 0 Å². The van der Waals surface area contributed by atoms with Gasteiger partial charge in [0.1, 0.15) is 23.7 Å². The number of nitrogens with one attached hydrogen (secondary N) is 1. The summed E-state index contributed by atoms with van der Waals surface area (Å²) in [4.78, 5) is 48.3. The molecular formula is C15H16N4O6S. The van der Waals surface area contributed by atoms with Crippen molar-refractivity contribution in [1.82, 2.24) is 20.0 Å². The Bertz CT molecular complexity index is 832. The predicted octanol–water partition coefficient (Wildman–Crippen LogP) is -0.665. The van der Waals surface area contributed by atoms with Crippen molar-refractivity contribution in [2.75, 3.05) is 12.4 Å². The van der Waals surface area contributed by atoms with E-state index in [4.69, 9.17) is 4.74 Å². The molecule has 2 aliphatic rings. The molecule has 0 bridgehead atoms. The third-order valence-electron chi connectivity index (χ3n) is 3.95. The number of carboxylic acids is 1. The maximum absolute atomic E-state index is 12.4. The molecule has 1 fully saturated rings. The zero-order valence-electron chi connectivity index (χ0n) is 14.0. The minimum absolute atomic E-state index is 0.187. The van der Waals surface area contributed by atoms with E-state index in [0.717, 1.165) is 4.90 Å². The molecule has 2 aliphatic heterocycles. The van der Waals surface area contributed by atoms with Crippen LogP contribution < -0.4 is 5.32 Å². The van der Waals surface area contributed by atoms with E-state index in [1.165, 1.54) is 35.8 Å². The average Bonchev–Trinajstić information content (AvgIpc) is 3.02. The molecule has 26 heavy (non-hydrogen) atoms. The van der Waals surface area contributed by atoms with Crippen LogP contribution in [0.15, 0.2) is 23.7 Å². The quantitative estimate of drug-likeness (QED) is 0.508. The van der Waals surface area contributed by atoms with E-state index in [2.05, 4.69) is 10.4 Å². The third kappa shape index (κ3) is 3.17. The molecule has 11 heteroatoms. The standard InChI is InChI=1S/C15H16N4O6S/c1-7(20)25-5-9-6-26-14-10(13(22)19(14)11(9)15(23)24)17-12(21)8-3-16-18(2)4-8/h3-4,10,14H,5-6H2,1-2H3,(H,17,21)(H,23,24)/t10-,14-/m1/s1. The Morgan fingerprint density at radius 2 is 2.19 bits per heavy atom. The number of aromatic nitrogens is 2. The van der Waals surface area contributed by atoms with Gasteiger partial charge >= 0.3 is 11.9 Å². The number of fused-ring (bicyclic) bond motifs is 1. The van der Waals surface area contributed by atoms with Crippen molar-refractivity contribution in [3.8, 4) is 0 Å². The molecule has 2 atom stereocenters. The van der Waals surface area contributed by atoms with Crippen molar-refractivity contribution < 1.29 is 29.0 Å². The van der Waals surface area contributed by atoms with Crippen molar-refractivity contribution in [2.45, 2.75) is 18.3 Å². The Labute approximate surface area is 152 Å². The highest BCUT2D eigenvalue weighted by molar-refractivity contribution is 8.00. The van der Waals surface area contributed by atoms with Crippen LogP contribution in [0.1, 0.15) is 17.3 Å². The second kappa shape index (κ2) is 6.83. The van der Waals surface area contributed by atoms with Gasteiger partial charge in [0, 0.05) is 31.5 Å². The van der Waals surface area contributed by atoms with Crippen LogP contribution in [-0.4, -0.2) is 67.3 Å². The summed E-state index contributed by atoms with van der Waals surface area (Å²) in [6, 6.07) is -0.822. The minimum atomic E-state index is -1.28. The summed E-state index contributed by atoms with van der Waals surface area (Å²) in [5.74, 6) is -2.50. The van der Waals surface area contributed by atoms with E-state index in [9.17, 15) is 24.3 Å². The Balaban J connectivity index is 1.75. The van der Waals surface area contributed by atoms with Crippen molar-refractivity contribution in [2.24, 2.45) is 7.05 Å². The molecule has 2 N–H and O–H groups in total. The van der Waals surface area contributed by atoms with E-state index in [1.54, 1.807) is 7.05 Å². The fourth-order valence-electron chi connectivity index (χ4n) is 2.75. The van der Waals surface area contributed by atoms with E-state index in [1.807, 2.05) is 0 Å². The lowest BCUT2D eigenvalue weighted by Crippen LogP contribution is -2.70. The summed E-state index contributed by atoms with van der Waals surface area (Å²) in [5, 5.41) is 15.5. The highest BCUT2D eigenvalue weighted by atomic mass is 32.2. The summed E-state index contributed by atoms with van der Waals surface area (Å²) in [6.45, 7) is 1.03. The number of ether oxygens (including phenoxy) is 1. The van der Waals surface area contributed by atoms with Gasteiger partial charge in [0.15, 0.2) is 0 Å². The van der Waals surface area contributed by atoms with E-state index in [0.29, 0.717) is 11.1 Å². The maximum atomic E-state index is 12.4. The van der Waals surface area contributed by atoms with E-state index in [-0.39, 0.29) is 18.1 Å². The number of carboxylic acid groups (broad SMARTS) is 1. The molecule has 10 nitrogen and oxygen atoms in total. The normalized spacial score (nSPS) is 21.8. The van der Waals surface area contributed by atoms with Crippen LogP contribution in [0.2, 0.25) is 0 Å². The number of rotatable bonds is 5. The number of carbonyl (C=O) groups is 4. The molecule has 0 aromatic carbocycles. The second-order valence-corrected chi connectivity index (χ2v) is 6.91. The Morgan fingerprint density at radius 3 is 2.77 bits per heavy atom. The molecule has 0 aliphatic carbocycles. The average molecular weight is 380 g/mol. The Morgan fingerprint density at radius 1 is 1.46 bits per heavy atom. The molecule has 0 spiro atoms. The summed E-state index contributed by atoms with van der Waals surface area (Å²) in [6.07, 6.45) is 2.90. The molecule has 0 saturated carbocycles. The number of thioether (sulfide) groups is 1. The minimum Gasteiger partial charge on any atom is -0.477 e. The zero-order chi connectivity index (χ0) is 19.0. The number of aryl methyl sites for hydroxylation is 1. The Kier molecular flexibility index (Phi) is 4.72. The van der Waals surface area contributed by atoms with Crippen LogP contribution in [0.4, 0.5) is 0 Å². The topological polar surface area (TPSA) is 131 Å². The lowest BCUT2D eigenvalue weighted by Gasteiger charge is -2.49. The molecule has 2 amide bonds. The van der Waals surface area contributed by atoms with Crippen LogP contribution in [0.25, 0.3) is 0 Å². The first kappa shape index (κ1) is 18.0. The molecule has 1 aromatic rings. The predicted molar refractivity (Wildman–Crippen MR) is 88.8 cm³/mol. The number of aliphatic carboxylic acids is 1. The molecule has 0 radical (unpaired) electrons. The second-order valence-electron chi connectivity index (χ2n) is 5.80. The molecule has 0 unspecified atom stereocenters. The number of nitrogens with zero attached hydrogens (tertiary/aromatic N) is 3.